The number of anilines is 1. The lowest BCUT2D eigenvalue weighted by molar-refractivity contribution is 0.0948. The molecule has 0 spiro atoms. The molecular weight excluding hydrogens is 283 g/mol. The first kappa shape index (κ1) is 15.6. The molecule has 1 aromatic carbocycles. The number of nitrogens with one attached hydrogen (secondary N) is 2. The second kappa shape index (κ2) is 7.87. The van der Waals surface area contributed by atoms with Gasteiger partial charge in [-0.05, 0) is 18.1 Å². The molecule has 2 rings (SSSR count). The number of aromatic nitrogens is 2. The maximum absolute atomic E-state index is 13.4. The zero-order valence-electron chi connectivity index (χ0n) is 12.1. The van der Waals surface area contributed by atoms with Crippen molar-refractivity contribution in [2.24, 2.45) is 0 Å². The maximum atomic E-state index is 13.4. The van der Waals surface area contributed by atoms with Gasteiger partial charge in [0.25, 0.3) is 5.91 Å². The summed E-state index contributed by atoms with van der Waals surface area (Å²) in [5.74, 6) is -0.0314. The second-order valence-electron chi connectivity index (χ2n) is 4.55. The maximum Gasteiger partial charge on any atom is 0.271 e. The fourth-order valence-electron chi connectivity index (χ4n) is 1.82. The second-order valence-corrected chi connectivity index (χ2v) is 4.55. The molecule has 0 aliphatic rings. The summed E-state index contributed by atoms with van der Waals surface area (Å²) in [6.45, 7) is 4.49. The molecule has 0 saturated carbocycles. The van der Waals surface area contributed by atoms with Crippen molar-refractivity contribution in [1.82, 2.24) is 15.3 Å². The summed E-state index contributed by atoms with van der Waals surface area (Å²) >= 11 is 0. The van der Waals surface area contributed by atoms with E-state index >= 15 is 0 Å². The summed E-state index contributed by atoms with van der Waals surface area (Å²) in [5, 5.41) is 5.66. The van der Waals surface area contributed by atoms with Crippen molar-refractivity contribution in [1.29, 1.82) is 0 Å². The summed E-state index contributed by atoms with van der Waals surface area (Å²) in [4.78, 5) is 20.0. The Bertz CT molecular complexity index is 643. The summed E-state index contributed by atoms with van der Waals surface area (Å²) in [6.07, 6.45) is 5.00. The number of benzene rings is 1. The van der Waals surface area contributed by atoms with Gasteiger partial charge in [0.05, 0.1) is 12.4 Å². The lowest BCUT2D eigenvalue weighted by Crippen LogP contribution is -2.27. The third kappa shape index (κ3) is 4.37. The van der Waals surface area contributed by atoms with Gasteiger partial charge in [0, 0.05) is 13.1 Å². The summed E-state index contributed by atoms with van der Waals surface area (Å²) < 4.78 is 13.4. The van der Waals surface area contributed by atoms with Crippen molar-refractivity contribution < 1.29 is 9.18 Å². The van der Waals surface area contributed by atoms with Gasteiger partial charge in [-0.1, -0.05) is 24.3 Å². The molecule has 0 radical (unpaired) electrons. The van der Waals surface area contributed by atoms with E-state index in [1.165, 1.54) is 18.5 Å². The molecule has 0 aliphatic heterocycles. The summed E-state index contributed by atoms with van der Waals surface area (Å²) in [5.41, 5.74) is 0.788. The lowest BCUT2D eigenvalue weighted by atomic mass is 10.1. The highest BCUT2D eigenvalue weighted by Gasteiger charge is 2.08. The minimum atomic E-state index is -0.334. The minimum absolute atomic E-state index is 0.220. The Morgan fingerprint density at radius 1 is 1.27 bits per heavy atom. The average molecular weight is 300 g/mol. The van der Waals surface area contributed by atoms with E-state index in [1.54, 1.807) is 24.3 Å². The van der Waals surface area contributed by atoms with Crippen LogP contribution in [-0.4, -0.2) is 29.0 Å². The number of hydrogen-bond acceptors (Lipinski definition) is 4. The molecule has 5 nitrogen and oxygen atoms in total. The van der Waals surface area contributed by atoms with Crippen LogP contribution in [0.2, 0.25) is 0 Å². The van der Waals surface area contributed by atoms with Gasteiger partial charge in [-0.3, -0.25) is 4.79 Å². The van der Waals surface area contributed by atoms with Gasteiger partial charge in [0.2, 0.25) is 0 Å². The fraction of sp³-hybridized carbons (Fsp3) is 0.188. The quantitative estimate of drug-likeness (QED) is 0.769. The number of carbonyl (C=O) groups is 1. The lowest BCUT2D eigenvalue weighted by Gasteiger charge is -2.06. The largest absolute Gasteiger partial charge is 0.365 e. The van der Waals surface area contributed by atoms with Gasteiger partial charge < -0.3 is 10.6 Å². The monoisotopic (exact) mass is 300 g/mol. The number of amides is 1. The Hall–Kier alpha value is -2.76. The highest BCUT2D eigenvalue weighted by molar-refractivity contribution is 5.91. The van der Waals surface area contributed by atoms with Gasteiger partial charge in [-0.2, -0.15) is 0 Å². The van der Waals surface area contributed by atoms with Gasteiger partial charge >= 0.3 is 0 Å². The van der Waals surface area contributed by atoms with Crippen LogP contribution in [0.4, 0.5) is 10.2 Å². The Kier molecular flexibility index (Phi) is 5.59. The third-order valence-corrected chi connectivity index (χ3v) is 2.95. The van der Waals surface area contributed by atoms with Crippen LogP contribution in [0.15, 0.2) is 49.3 Å². The van der Waals surface area contributed by atoms with Crippen molar-refractivity contribution in [3.63, 3.8) is 0 Å². The molecule has 1 aromatic heterocycles. The van der Waals surface area contributed by atoms with Crippen LogP contribution in [-0.2, 0) is 6.42 Å². The van der Waals surface area contributed by atoms with E-state index in [9.17, 15) is 9.18 Å². The Morgan fingerprint density at radius 3 is 2.77 bits per heavy atom. The van der Waals surface area contributed by atoms with Crippen molar-refractivity contribution >= 4 is 11.7 Å². The van der Waals surface area contributed by atoms with E-state index in [4.69, 9.17) is 0 Å². The van der Waals surface area contributed by atoms with Crippen LogP contribution in [0.25, 0.3) is 0 Å². The molecule has 0 bridgehead atoms. The first-order chi connectivity index (χ1) is 10.7. The van der Waals surface area contributed by atoms with Gasteiger partial charge in [0.1, 0.15) is 17.3 Å². The molecule has 1 amide bonds. The van der Waals surface area contributed by atoms with E-state index in [0.717, 1.165) is 0 Å². The van der Waals surface area contributed by atoms with Crippen molar-refractivity contribution in [3.8, 4) is 0 Å². The molecule has 2 N–H and O–H groups in total. The minimum Gasteiger partial charge on any atom is -0.365 e. The molecular formula is C16H17FN4O. The van der Waals surface area contributed by atoms with Crippen molar-refractivity contribution in [2.75, 3.05) is 18.4 Å². The molecule has 0 fully saturated rings. The van der Waals surface area contributed by atoms with Crippen LogP contribution in [0, 0.1) is 5.82 Å². The number of rotatable bonds is 7. The third-order valence-electron chi connectivity index (χ3n) is 2.95. The summed E-state index contributed by atoms with van der Waals surface area (Å²) in [6, 6.07) is 6.49. The Morgan fingerprint density at radius 2 is 2.09 bits per heavy atom. The zero-order valence-corrected chi connectivity index (χ0v) is 12.1. The molecule has 1 heterocycles. The SMILES string of the molecule is C=CCNc1cnc(C(=O)NCCc2ccccc2F)cn1. The van der Waals surface area contributed by atoms with E-state index in [-0.39, 0.29) is 17.4 Å². The predicted molar refractivity (Wildman–Crippen MR) is 83.2 cm³/mol. The first-order valence-corrected chi connectivity index (χ1v) is 6.89. The molecule has 6 heteroatoms. The molecule has 0 unspecified atom stereocenters. The van der Waals surface area contributed by atoms with E-state index in [0.29, 0.717) is 30.9 Å². The highest BCUT2D eigenvalue weighted by Crippen LogP contribution is 2.06. The molecule has 114 valence electrons. The first-order valence-electron chi connectivity index (χ1n) is 6.89. The van der Waals surface area contributed by atoms with Crippen molar-refractivity contribution in [2.45, 2.75) is 6.42 Å². The Balaban J connectivity index is 1.84. The van der Waals surface area contributed by atoms with Crippen LogP contribution in [0.3, 0.4) is 0 Å². The van der Waals surface area contributed by atoms with Crippen LogP contribution >= 0.6 is 0 Å². The molecule has 0 aliphatic carbocycles. The highest BCUT2D eigenvalue weighted by atomic mass is 19.1. The number of carbonyl (C=O) groups excluding carboxylic acids is 1. The average Bonchev–Trinajstić information content (AvgIpc) is 2.55. The predicted octanol–water partition coefficient (Wildman–Crippen LogP) is 2.19. The summed E-state index contributed by atoms with van der Waals surface area (Å²) in [7, 11) is 0. The van der Waals surface area contributed by atoms with E-state index in [1.807, 2.05) is 0 Å². The van der Waals surface area contributed by atoms with Gasteiger partial charge in [0.15, 0.2) is 0 Å². The van der Waals surface area contributed by atoms with E-state index < -0.39 is 0 Å². The van der Waals surface area contributed by atoms with Crippen LogP contribution < -0.4 is 10.6 Å². The zero-order chi connectivity index (χ0) is 15.8. The molecule has 0 atom stereocenters. The normalized spacial score (nSPS) is 10.0. The number of nitrogens with zero attached hydrogens (tertiary/aromatic N) is 2. The molecule has 0 saturated heterocycles. The van der Waals surface area contributed by atoms with E-state index in [2.05, 4.69) is 27.2 Å². The molecule has 22 heavy (non-hydrogen) atoms. The van der Waals surface area contributed by atoms with Crippen LogP contribution in [0.5, 0.6) is 0 Å². The van der Waals surface area contributed by atoms with Crippen molar-refractivity contribution in [3.05, 3.63) is 66.4 Å². The number of halogens is 1. The fourth-order valence-corrected chi connectivity index (χ4v) is 1.82. The van der Waals surface area contributed by atoms with Gasteiger partial charge in [-0.15, -0.1) is 6.58 Å². The topological polar surface area (TPSA) is 66.9 Å². The van der Waals surface area contributed by atoms with Gasteiger partial charge in [-0.25, -0.2) is 14.4 Å². The Labute approximate surface area is 128 Å². The van der Waals surface area contributed by atoms with Crippen LogP contribution in [0.1, 0.15) is 16.1 Å². The molecule has 2 aromatic rings. The standard InChI is InChI=1S/C16H17FN4O/c1-2-8-18-15-11-20-14(10-21-15)16(22)19-9-7-12-5-3-4-6-13(12)17/h2-6,10-11H,1,7-9H2,(H,18,21)(H,19,22). The number of hydrogen-bond donors (Lipinski definition) is 2. The smallest absolute Gasteiger partial charge is 0.271 e.